The molecule has 3 rings (SSSR count). The number of halogens is 2. The van der Waals surface area contributed by atoms with E-state index in [9.17, 15) is 14.0 Å². The molecule has 0 aliphatic carbocycles. The number of aromatic nitrogens is 2. The molecule has 0 spiro atoms. The maximum absolute atomic E-state index is 13.0. The van der Waals surface area contributed by atoms with Gasteiger partial charge < -0.3 is 10.6 Å². The summed E-state index contributed by atoms with van der Waals surface area (Å²) in [6.07, 6.45) is 0. The zero-order valence-corrected chi connectivity index (χ0v) is 17.6. The summed E-state index contributed by atoms with van der Waals surface area (Å²) in [6.45, 7) is 2.16. The third kappa shape index (κ3) is 6.25. The fourth-order valence-electron chi connectivity index (χ4n) is 2.22. The number of hydrogen-bond acceptors (Lipinski definition) is 6. The van der Waals surface area contributed by atoms with Crippen molar-refractivity contribution in [2.75, 3.05) is 11.1 Å². The Balaban J connectivity index is 1.47. The van der Waals surface area contributed by atoms with Gasteiger partial charge >= 0.3 is 0 Å². The topological polar surface area (TPSA) is 84.0 Å². The van der Waals surface area contributed by atoms with E-state index in [-0.39, 0.29) is 34.1 Å². The van der Waals surface area contributed by atoms with Crippen LogP contribution < -0.4 is 10.6 Å². The highest BCUT2D eigenvalue weighted by atomic mass is 35.5. The van der Waals surface area contributed by atoms with Crippen LogP contribution in [0.5, 0.6) is 0 Å². The van der Waals surface area contributed by atoms with Crippen molar-refractivity contribution in [2.45, 2.75) is 17.8 Å². The van der Waals surface area contributed by atoms with Crippen LogP contribution in [0.25, 0.3) is 0 Å². The van der Waals surface area contributed by atoms with Crippen molar-refractivity contribution in [3.8, 4) is 0 Å². The number of rotatable bonds is 7. The van der Waals surface area contributed by atoms with E-state index in [4.69, 9.17) is 11.6 Å². The average Bonchev–Trinajstić information content (AvgIpc) is 3.17. The Kier molecular flexibility index (Phi) is 7.18. The molecule has 1 aromatic heterocycles. The second kappa shape index (κ2) is 9.82. The second-order valence-electron chi connectivity index (χ2n) is 5.99. The number of benzene rings is 2. The third-order valence-electron chi connectivity index (χ3n) is 3.73. The number of anilines is 1. The SMILES string of the molecule is Cc1ccc(NC(=O)c2nnc(SCC(=O)NCc3ccc(F)cc3Cl)s2)cc1. The van der Waals surface area contributed by atoms with Crippen LogP contribution in [0.4, 0.5) is 10.1 Å². The molecule has 0 fully saturated rings. The van der Waals surface area contributed by atoms with Crippen LogP contribution in [0, 0.1) is 12.7 Å². The van der Waals surface area contributed by atoms with E-state index in [0.29, 0.717) is 15.6 Å². The Morgan fingerprint density at radius 2 is 1.93 bits per heavy atom. The molecule has 10 heteroatoms. The summed E-state index contributed by atoms with van der Waals surface area (Å²) in [5.74, 6) is -0.920. The Bertz CT molecular complexity index is 1030. The van der Waals surface area contributed by atoms with Crippen LogP contribution in [0.3, 0.4) is 0 Å². The van der Waals surface area contributed by atoms with Crippen molar-refractivity contribution < 1.29 is 14.0 Å². The van der Waals surface area contributed by atoms with E-state index < -0.39 is 5.82 Å². The molecule has 2 amide bonds. The molecule has 1 heterocycles. The lowest BCUT2D eigenvalue weighted by atomic mass is 10.2. The lowest BCUT2D eigenvalue weighted by Gasteiger charge is -2.06. The first-order chi connectivity index (χ1) is 13.9. The molecule has 0 radical (unpaired) electrons. The molecular weight excluding hydrogens is 435 g/mol. The Labute approximate surface area is 179 Å². The molecule has 0 aliphatic rings. The molecular formula is C19H16ClFN4O2S2. The van der Waals surface area contributed by atoms with Crippen LogP contribution in [0.2, 0.25) is 5.02 Å². The Morgan fingerprint density at radius 3 is 2.66 bits per heavy atom. The van der Waals surface area contributed by atoms with Gasteiger partial charge in [0, 0.05) is 17.3 Å². The number of nitrogens with zero attached hydrogens (tertiary/aromatic N) is 2. The summed E-state index contributed by atoms with van der Waals surface area (Å²) in [5.41, 5.74) is 2.39. The van der Waals surface area contributed by atoms with Gasteiger partial charge in [0.05, 0.1) is 5.75 Å². The van der Waals surface area contributed by atoms with Gasteiger partial charge in [-0.25, -0.2) is 4.39 Å². The van der Waals surface area contributed by atoms with Crippen molar-refractivity contribution in [3.63, 3.8) is 0 Å². The van der Waals surface area contributed by atoms with Gasteiger partial charge in [-0.1, -0.05) is 58.5 Å². The summed E-state index contributed by atoms with van der Waals surface area (Å²) >= 11 is 8.22. The fourth-order valence-corrected chi connectivity index (χ4v) is 4.03. The summed E-state index contributed by atoms with van der Waals surface area (Å²) in [4.78, 5) is 24.2. The molecule has 0 atom stereocenters. The van der Waals surface area contributed by atoms with Gasteiger partial charge in [0.2, 0.25) is 10.9 Å². The first kappa shape index (κ1) is 21.2. The van der Waals surface area contributed by atoms with Crippen molar-refractivity contribution in [2.24, 2.45) is 0 Å². The summed E-state index contributed by atoms with van der Waals surface area (Å²) < 4.78 is 13.5. The molecule has 0 aliphatic heterocycles. The van der Waals surface area contributed by atoms with Crippen molar-refractivity contribution >= 4 is 52.2 Å². The number of carbonyl (C=O) groups is 2. The van der Waals surface area contributed by atoms with Crippen LogP contribution in [0.1, 0.15) is 20.9 Å². The van der Waals surface area contributed by atoms with Gasteiger partial charge in [0.25, 0.3) is 5.91 Å². The third-order valence-corrected chi connectivity index (χ3v) is 6.14. The van der Waals surface area contributed by atoms with Gasteiger partial charge in [0.15, 0.2) is 4.34 Å². The van der Waals surface area contributed by atoms with Crippen LogP contribution in [-0.4, -0.2) is 27.8 Å². The van der Waals surface area contributed by atoms with Gasteiger partial charge in [-0.05, 0) is 36.8 Å². The van der Waals surface area contributed by atoms with E-state index in [1.165, 1.54) is 30.0 Å². The number of thioether (sulfide) groups is 1. The van der Waals surface area contributed by atoms with Gasteiger partial charge in [0.1, 0.15) is 5.82 Å². The molecule has 2 N–H and O–H groups in total. The van der Waals surface area contributed by atoms with Gasteiger partial charge in [-0.15, -0.1) is 10.2 Å². The molecule has 2 aromatic carbocycles. The number of aryl methyl sites for hydroxylation is 1. The lowest BCUT2D eigenvalue weighted by molar-refractivity contribution is -0.118. The minimum absolute atomic E-state index is 0.104. The van der Waals surface area contributed by atoms with Crippen LogP contribution in [0.15, 0.2) is 46.8 Å². The predicted octanol–water partition coefficient (Wildman–Crippen LogP) is 4.30. The largest absolute Gasteiger partial charge is 0.351 e. The summed E-state index contributed by atoms with van der Waals surface area (Å²) in [5, 5.41) is 13.7. The molecule has 0 unspecified atom stereocenters. The molecule has 3 aromatic rings. The zero-order valence-electron chi connectivity index (χ0n) is 15.2. The Morgan fingerprint density at radius 1 is 1.17 bits per heavy atom. The number of hydrogen-bond donors (Lipinski definition) is 2. The normalized spacial score (nSPS) is 10.6. The van der Waals surface area contributed by atoms with E-state index in [1.54, 1.807) is 0 Å². The average molecular weight is 451 g/mol. The second-order valence-corrected chi connectivity index (χ2v) is 8.60. The zero-order chi connectivity index (χ0) is 20.8. The standard InChI is InChI=1S/C19H16ClFN4O2S2/c1-11-2-6-14(7-3-11)23-17(27)18-24-25-19(29-18)28-10-16(26)22-9-12-4-5-13(21)8-15(12)20/h2-8H,9-10H2,1H3,(H,22,26)(H,23,27). The van der Waals surface area contributed by atoms with E-state index in [0.717, 1.165) is 16.9 Å². The maximum Gasteiger partial charge on any atom is 0.286 e. The van der Waals surface area contributed by atoms with Crippen molar-refractivity contribution in [1.29, 1.82) is 0 Å². The van der Waals surface area contributed by atoms with Gasteiger partial charge in [-0.3, -0.25) is 9.59 Å². The first-order valence-corrected chi connectivity index (χ1v) is 10.6. The highest BCUT2D eigenvalue weighted by Crippen LogP contribution is 2.23. The van der Waals surface area contributed by atoms with Crippen molar-refractivity contribution in [1.82, 2.24) is 15.5 Å². The molecule has 0 saturated heterocycles. The molecule has 150 valence electrons. The maximum atomic E-state index is 13.0. The van der Waals surface area contributed by atoms with Crippen LogP contribution in [-0.2, 0) is 11.3 Å². The summed E-state index contributed by atoms with van der Waals surface area (Å²) in [6, 6.07) is 11.4. The lowest BCUT2D eigenvalue weighted by Crippen LogP contribution is -2.24. The minimum Gasteiger partial charge on any atom is -0.351 e. The van der Waals surface area contributed by atoms with Crippen LogP contribution >= 0.6 is 34.7 Å². The van der Waals surface area contributed by atoms with E-state index in [1.807, 2.05) is 31.2 Å². The molecule has 0 bridgehead atoms. The number of amides is 2. The number of carbonyl (C=O) groups excluding carboxylic acids is 2. The molecule has 29 heavy (non-hydrogen) atoms. The number of nitrogens with one attached hydrogen (secondary N) is 2. The quantitative estimate of drug-likeness (QED) is 0.524. The predicted molar refractivity (Wildman–Crippen MR) is 113 cm³/mol. The molecule has 0 saturated carbocycles. The first-order valence-electron chi connectivity index (χ1n) is 8.45. The molecule has 6 nitrogen and oxygen atoms in total. The highest BCUT2D eigenvalue weighted by molar-refractivity contribution is 8.01. The van der Waals surface area contributed by atoms with Gasteiger partial charge in [-0.2, -0.15) is 0 Å². The van der Waals surface area contributed by atoms with Crippen molar-refractivity contribution in [3.05, 3.63) is 69.4 Å². The smallest absolute Gasteiger partial charge is 0.286 e. The van der Waals surface area contributed by atoms with E-state index >= 15 is 0 Å². The highest BCUT2D eigenvalue weighted by Gasteiger charge is 2.14. The summed E-state index contributed by atoms with van der Waals surface area (Å²) in [7, 11) is 0. The monoisotopic (exact) mass is 450 g/mol. The van der Waals surface area contributed by atoms with E-state index in [2.05, 4.69) is 20.8 Å². The Hall–Kier alpha value is -2.49. The fraction of sp³-hybridized carbons (Fsp3) is 0.158. The minimum atomic E-state index is -0.431.